The molecule has 0 aromatic carbocycles. The summed E-state index contributed by atoms with van der Waals surface area (Å²) in [4.78, 5) is 22.9. The van der Waals surface area contributed by atoms with Crippen molar-refractivity contribution >= 4 is 11.9 Å². The Kier molecular flexibility index (Phi) is 9.33. The van der Waals surface area contributed by atoms with Crippen molar-refractivity contribution in [1.82, 2.24) is 0 Å². The molecule has 0 bridgehead atoms. The molecule has 0 aromatic heterocycles. The van der Waals surface area contributed by atoms with Gasteiger partial charge in [0.05, 0.1) is 13.2 Å². The van der Waals surface area contributed by atoms with Crippen molar-refractivity contribution in [3.05, 3.63) is 0 Å². The van der Waals surface area contributed by atoms with Crippen molar-refractivity contribution in [3.8, 4) is 0 Å². The number of carbonyl (C=O) groups is 2. The molecule has 0 radical (unpaired) electrons. The van der Waals surface area contributed by atoms with Gasteiger partial charge in [-0.05, 0) is 24.7 Å². The summed E-state index contributed by atoms with van der Waals surface area (Å²) in [6.07, 6.45) is 2.39. The lowest BCUT2D eigenvalue weighted by molar-refractivity contribution is -0.148. The molecule has 0 amide bonds. The zero-order valence-corrected chi connectivity index (χ0v) is 12.0. The molecule has 0 heterocycles. The molecule has 4 nitrogen and oxygen atoms in total. The van der Waals surface area contributed by atoms with E-state index >= 15 is 0 Å². The molecule has 2 atom stereocenters. The zero-order valence-electron chi connectivity index (χ0n) is 12.0. The number of hydrogen-bond donors (Lipinski definition) is 0. The lowest BCUT2D eigenvalue weighted by Crippen LogP contribution is -2.19. The van der Waals surface area contributed by atoms with Crippen LogP contribution in [0.2, 0.25) is 0 Å². The molecule has 0 aromatic rings. The Balaban J connectivity index is 3.90. The number of ether oxygens (including phenoxy) is 2. The van der Waals surface area contributed by atoms with Crippen molar-refractivity contribution in [3.63, 3.8) is 0 Å². The first-order valence-electron chi connectivity index (χ1n) is 6.82. The van der Waals surface area contributed by atoms with Crippen LogP contribution in [-0.4, -0.2) is 25.2 Å². The van der Waals surface area contributed by atoms with E-state index in [2.05, 4.69) is 0 Å². The van der Waals surface area contributed by atoms with E-state index < -0.39 is 0 Å². The minimum Gasteiger partial charge on any atom is -0.466 e. The molecule has 0 fully saturated rings. The number of carbonyl (C=O) groups excluding carboxylic acids is 2. The minimum atomic E-state index is -0.182. The third-order valence-electron chi connectivity index (χ3n) is 2.88. The Hall–Kier alpha value is -1.06. The molecule has 18 heavy (non-hydrogen) atoms. The first-order chi connectivity index (χ1) is 8.51. The molecule has 0 unspecified atom stereocenters. The van der Waals surface area contributed by atoms with Gasteiger partial charge >= 0.3 is 11.9 Å². The zero-order chi connectivity index (χ0) is 14.0. The highest BCUT2D eigenvalue weighted by atomic mass is 16.5. The normalized spacial score (nSPS) is 13.8. The van der Waals surface area contributed by atoms with Crippen LogP contribution in [0.25, 0.3) is 0 Å². The average Bonchev–Trinajstić information content (AvgIpc) is 2.33. The number of rotatable bonds is 9. The second kappa shape index (κ2) is 9.92. The van der Waals surface area contributed by atoms with Gasteiger partial charge in [0.15, 0.2) is 0 Å². The molecule has 0 saturated carbocycles. The Morgan fingerprint density at radius 2 is 1.17 bits per heavy atom. The Morgan fingerprint density at radius 3 is 1.44 bits per heavy atom. The maximum Gasteiger partial charge on any atom is 0.306 e. The van der Waals surface area contributed by atoms with Crippen molar-refractivity contribution in [2.24, 2.45) is 11.8 Å². The van der Waals surface area contributed by atoms with E-state index in [9.17, 15) is 9.59 Å². The van der Waals surface area contributed by atoms with Gasteiger partial charge in [-0.2, -0.15) is 0 Å². The highest BCUT2D eigenvalue weighted by molar-refractivity contribution is 5.71. The first kappa shape index (κ1) is 16.9. The molecule has 0 aliphatic heterocycles. The van der Waals surface area contributed by atoms with Gasteiger partial charge in [0.1, 0.15) is 0 Å². The van der Waals surface area contributed by atoms with Gasteiger partial charge in [0.2, 0.25) is 0 Å². The number of esters is 2. The molecule has 4 heteroatoms. The fourth-order valence-electron chi connectivity index (χ4n) is 1.48. The van der Waals surface area contributed by atoms with Gasteiger partial charge < -0.3 is 9.47 Å². The third-order valence-corrected chi connectivity index (χ3v) is 2.88. The molecule has 0 N–H and O–H groups in total. The molecular formula is C14H26O4. The smallest absolute Gasteiger partial charge is 0.306 e. The van der Waals surface area contributed by atoms with Gasteiger partial charge in [-0.25, -0.2) is 0 Å². The minimum absolute atomic E-state index is 0.128. The first-order valence-corrected chi connectivity index (χ1v) is 6.82. The van der Waals surface area contributed by atoms with Crippen LogP contribution in [0.1, 0.15) is 53.4 Å². The van der Waals surface area contributed by atoms with Gasteiger partial charge in [-0.15, -0.1) is 0 Å². The highest BCUT2D eigenvalue weighted by Gasteiger charge is 2.20. The van der Waals surface area contributed by atoms with Crippen molar-refractivity contribution in [1.29, 1.82) is 0 Å². The topological polar surface area (TPSA) is 52.6 Å². The standard InChI is InChI=1S/C14H26O4/c1-5-7-17-13(15)9-11(3)12(4)10-14(16)18-8-6-2/h11-12H,5-10H2,1-4H3/t11-,12-/m0/s1. The van der Waals surface area contributed by atoms with Crippen LogP contribution >= 0.6 is 0 Å². The molecular weight excluding hydrogens is 232 g/mol. The maximum absolute atomic E-state index is 11.4. The lowest BCUT2D eigenvalue weighted by atomic mass is 9.90. The number of hydrogen-bond acceptors (Lipinski definition) is 4. The molecule has 106 valence electrons. The summed E-state index contributed by atoms with van der Waals surface area (Å²) >= 11 is 0. The summed E-state index contributed by atoms with van der Waals surface area (Å²) < 4.78 is 10.1. The Labute approximate surface area is 110 Å². The second-order valence-electron chi connectivity index (χ2n) is 4.80. The van der Waals surface area contributed by atoms with E-state index in [-0.39, 0.29) is 23.8 Å². The van der Waals surface area contributed by atoms with E-state index in [1.54, 1.807) is 0 Å². The molecule has 0 spiro atoms. The summed E-state index contributed by atoms with van der Waals surface area (Å²) in [6, 6.07) is 0. The Bertz CT molecular complexity index is 224. The van der Waals surface area contributed by atoms with Crippen LogP contribution in [0.5, 0.6) is 0 Å². The van der Waals surface area contributed by atoms with E-state index in [1.165, 1.54) is 0 Å². The monoisotopic (exact) mass is 258 g/mol. The summed E-state index contributed by atoms with van der Waals surface area (Å²) in [7, 11) is 0. The van der Waals surface area contributed by atoms with Crippen LogP contribution in [0, 0.1) is 11.8 Å². The van der Waals surface area contributed by atoms with Gasteiger partial charge in [-0.1, -0.05) is 27.7 Å². The van der Waals surface area contributed by atoms with Gasteiger partial charge in [-0.3, -0.25) is 9.59 Å². The molecule has 0 aliphatic rings. The summed E-state index contributed by atoms with van der Waals surface area (Å²) in [5.74, 6) is -0.108. The van der Waals surface area contributed by atoms with E-state index in [1.807, 2.05) is 27.7 Å². The fraction of sp³-hybridized carbons (Fsp3) is 0.857. The van der Waals surface area contributed by atoms with E-state index in [0.29, 0.717) is 26.1 Å². The van der Waals surface area contributed by atoms with Crippen molar-refractivity contribution in [2.75, 3.05) is 13.2 Å². The molecule has 0 rings (SSSR count). The predicted molar refractivity (Wildman–Crippen MR) is 70.1 cm³/mol. The van der Waals surface area contributed by atoms with E-state index in [4.69, 9.17) is 9.47 Å². The van der Waals surface area contributed by atoms with Crippen molar-refractivity contribution < 1.29 is 19.1 Å². The van der Waals surface area contributed by atoms with E-state index in [0.717, 1.165) is 12.8 Å². The maximum atomic E-state index is 11.4. The van der Waals surface area contributed by atoms with Gasteiger partial charge in [0.25, 0.3) is 0 Å². The van der Waals surface area contributed by atoms with Crippen LogP contribution in [0.3, 0.4) is 0 Å². The molecule has 0 saturated heterocycles. The quantitative estimate of drug-likeness (QED) is 0.597. The SMILES string of the molecule is CCCOC(=O)C[C@H](C)[C@@H](C)CC(=O)OCCC. The largest absolute Gasteiger partial charge is 0.466 e. The van der Waals surface area contributed by atoms with Crippen molar-refractivity contribution in [2.45, 2.75) is 53.4 Å². The van der Waals surface area contributed by atoms with Crippen LogP contribution in [0.4, 0.5) is 0 Å². The Morgan fingerprint density at radius 1 is 0.833 bits per heavy atom. The predicted octanol–water partition coefficient (Wildman–Crippen LogP) is 2.95. The summed E-state index contributed by atoms with van der Waals surface area (Å²) in [6.45, 7) is 8.79. The molecule has 0 aliphatic carbocycles. The van der Waals surface area contributed by atoms with Gasteiger partial charge in [0, 0.05) is 12.8 Å². The fourth-order valence-corrected chi connectivity index (χ4v) is 1.48. The highest BCUT2D eigenvalue weighted by Crippen LogP contribution is 2.19. The lowest BCUT2D eigenvalue weighted by Gasteiger charge is -2.18. The second-order valence-corrected chi connectivity index (χ2v) is 4.80. The van der Waals surface area contributed by atoms with Crippen LogP contribution < -0.4 is 0 Å². The van der Waals surface area contributed by atoms with Crippen LogP contribution in [0.15, 0.2) is 0 Å². The average molecular weight is 258 g/mol. The third kappa shape index (κ3) is 8.09. The summed E-state index contributed by atoms with van der Waals surface area (Å²) in [5, 5.41) is 0. The summed E-state index contributed by atoms with van der Waals surface area (Å²) in [5.41, 5.74) is 0. The van der Waals surface area contributed by atoms with Crippen LogP contribution in [-0.2, 0) is 19.1 Å².